The maximum atomic E-state index is 13.5. The SMILES string of the molecule is NCC1(c2c(F)ccc(F)c2F)CC(F)(F)C1. The van der Waals surface area contributed by atoms with Crippen molar-refractivity contribution in [2.75, 3.05) is 6.54 Å². The molecule has 94 valence electrons. The van der Waals surface area contributed by atoms with Crippen LogP contribution in [0.1, 0.15) is 18.4 Å². The van der Waals surface area contributed by atoms with Gasteiger partial charge in [0.05, 0.1) is 0 Å². The zero-order valence-electron chi connectivity index (χ0n) is 8.74. The molecule has 1 aliphatic rings. The molecule has 0 aromatic heterocycles. The minimum atomic E-state index is -3.00. The fraction of sp³-hybridized carbons (Fsp3) is 0.455. The molecule has 0 aliphatic heterocycles. The molecule has 2 N–H and O–H groups in total. The van der Waals surface area contributed by atoms with Crippen molar-refractivity contribution in [3.8, 4) is 0 Å². The molecule has 1 nitrogen and oxygen atoms in total. The van der Waals surface area contributed by atoms with Crippen molar-refractivity contribution >= 4 is 0 Å². The molecule has 0 heterocycles. The van der Waals surface area contributed by atoms with Gasteiger partial charge in [0.1, 0.15) is 5.82 Å². The molecule has 0 amide bonds. The van der Waals surface area contributed by atoms with Gasteiger partial charge in [-0.15, -0.1) is 0 Å². The van der Waals surface area contributed by atoms with E-state index in [1.807, 2.05) is 0 Å². The van der Waals surface area contributed by atoms with E-state index in [2.05, 4.69) is 0 Å². The van der Waals surface area contributed by atoms with E-state index in [-0.39, 0.29) is 6.54 Å². The second kappa shape index (κ2) is 3.66. The van der Waals surface area contributed by atoms with Crippen molar-refractivity contribution in [3.05, 3.63) is 35.1 Å². The average Bonchev–Trinajstić information content (AvgIpc) is 2.21. The van der Waals surface area contributed by atoms with E-state index in [0.717, 1.165) is 6.07 Å². The highest BCUT2D eigenvalue weighted by Gasteiger charge is 2.58. The summed E-state index contributed by atoms with van der Waals surface area (Å²) in [5.41, 5.74) is 3.16. The van der Waals surface area contributed by atoms with Crippen LogP contribution in [0.15, 0.2) is 12.1 Å². The van der Waals surface area contributed by atoms with E-state index in [0.29, 0.717) is 6.07 Å². The second-order valence-corrected chi connectivity index (χ2v) is 4.41. The first kappa shape index (κ1) is 12.3. The first-order valence-electron chi connectivity index (χ1n) is 5.03. The van der Waals surface area contributed by atoms with Gasteiger partial charge in [0.2, 0.25) is 5.92 Å². The Morgan fingerprint density at radius 1 is 1.06 bits per heavy atom. The van der Waals surface area contributed by atoms with Crippen LogP contribution in [0.2, 0.25) is 0 Å². The smallest absolute Gasteiger partial charge is 0.250 e. The Labute approximate surface area is 94.4 Å². The summed E-state index contributed by atoms with van der Waals surface area (Å²) in [5.74, 6) is -6.72. The molecular formula is C11H10F5N. The van der Waals surface area contributed by atoms with Gasteiger partial charge in [0.15, 0.2) is 11.6 Å². The third kappa shape index (κ3) is 1.80. The van der Waals surface area contributed by atoms with Crippen LogP contribution in [-0.4, -0.2) is 12.5 Å². The molecule has 1 aliphatic carbocycles. The van der Waals surface area contributed by atoms with E-state index < -0.39 is 47.2 Å². The number of hydrogen-bond donors (Lipinski definition) is 1. The van der Waals surface area contributed by atoms with E-state index in [1.54, 1.807) is 0 Å². The molecule has 0 saturated heterocycles. The van der Waals surface area contributed by atoms with Gasteiger partial charge >= 0.3 is 0 Å². The van der Waals surface area contributed by atoms with Crippen LogP contribution in [-0.2, 0) is 5.41 Å². The summed E-state index contributed by atoms with van der Waals surface area (Å²) in [7, 11) is 0. The summed E-state index contributed by atoms with van der Waals surface area (Å²) in [4.78, 5) is 0. The first-order valence-corrected chi connectivity index (χ1v) is 5.03. The second-order valence-electron chi connectivity index (χ2n) is 4.41. The Morgan fingerprint density at radius 3 is 2.06 bits per heavy atom. The maximum Gasteiger partial charge on any atom is 0.250 e. The normalized spacial score (nSPS) is 21.1. The lowest BCUT2D eigenvalue weighted by molar-refractivity contribution is -0.125. The predicted molar refractivity (Wildman–Crippen MR) is 51.2 cm³/mol. The molecular weight excluding hydrogens is 241 g/mol. The molecule has 2 rings (SSSR count). The quantitative estimate of drug-likeness (QED) is 0.634. The minimum absolute atomic E-state index is 0.347. The van der Waals surface area contributed by atoms with Crippen LogP contribution in [0.3, 0.4) is 0 Å². The van der Waals surface area contributed by atoms with Gasteiger partial charge in [-0.1, -0.05) is 0 Å². The van der Waals surface area contributed by atoms with Crippen molar-refractivity contribution in [2.24, 2.45) is 5.73 Å². The fourth-order valence-electron chi connectivity index (χ4n) is 2.37. The van der Waals surface area contributed by atoms with Crippen molar-refractivity contribution in [1.82, 2.24) is 0 Å². The minimum Gasteiger partial charge on any atom is -0.330 e. The summed E-state index contributed by atoms with van der Waals surface area (Å²) < 4.78 is 65.7. The fourth-order valence-corrected chi connectivity index (χ4v) is 2.37. The maximum absolute atomic E-state index is 13.5. The number of halogens is 5. The van der Waals surface area contributed by atoms with Crippen LogP contribution in [0.4, 0.5) is 22.0 Å². The lowest BCUT2D eigenvalue weighted by Crippen LogP contribution is -2.54. The van der Waals surface area contributed by atoms with E-state index in [1.165, 1.54) is 0 Å². The molecule has 0 atom stereocenters. The average molecular weight is 251 g/mol. The van der Waals surface area contributed by atoms with Gasteiger partial charge in [-0.05, 0) is 12.1 Å². The number of benzene rings is 1. The standard InChI is InChI=1S/C11H10F5N/c12-6-1-2-7(13)9(14)8(6)10(5-17)3-11(15,16)4-10/h1-2H,3-5,17H2. The summed E-state index contributed by atoms with van der Waals surface area (Å²) in [5, 5.41) is 0. The lowest BCUT2D eigenvalue weighted by atomic mass is 9.61. The lowest BCUT2D eigenvalue weighted by Gasteiger charge is -2.47. The van der Waals surface area contributed by atoms with Crippen molar-refractivity contribution < 1.29 is 22.0 Å². The summed E-state index contributed by atoms with van der Waals surface area (Å²) >= 11 is 0. The Bertz CT molecular complexity index is 449. The number of nitrogens with two attached hydrogens (primary N) is 1. The molecule has 1 fully saturated rings. The molecule has 17 heavy (non-hydrogen) atoms. The topological polar surface area (TPSA) is 26.0 Å². The van der Waals surface area contributed by atoms with Gasteiger partial charge in [0, 0.05) is 30.4 Å². The van der Waals surface area contributed by atoms with E-state index >= 15 is 0 Å². The Morgan fingerprint density at radius 2 is 1.59 bits per heavy atom. The monoisotopic (exact) mass is 251 g/mol. The molecule has 1 aromatic rings. The largest absolute Gasteiger partial charge is 0.330 e. The third-order valence-electron chi connectivity index (χ3n) is 3.16. The van der Waals surface area contributed by atoms with Gasteiger partial charge in [0.25, 0.3) is 0 Å². The van der Waals surface area contributed by atoms with Crippen LogP contribution < -0.4 is 5.73 Å². The van der Waals surface area contributed by atoms with Gasteiger partial charge in [-0.2, -0.15) is 0 Å². The molecule has 1 saturated carbocycles. The van der Waals surface area contributed by atoms with E-state index in [4.69, 9.17) is 5.73 Å². The van der Waals surface area contributed by atoms with Gasteiger partial charge in [-0.25, -0.2) is 22.0 Å². The Hall–Kier alpha value is -1.17. The van der Waals surface area contributed by atoms with Crippen LogP contribution in [0.25, 0.3) is 0 Å². The van der Waals surface area contributed by atoms with Crippen molar-refractivity contribution in [2.45, 2.75) is 24.2 Å². The van der Waals surface area contributed by atoms with Crippen molar-refractivity contribution in [1.29, 1.82) is 0 Å². The van der Waals surface area contributed by atoms with Crippen LogP contribution >= 0.6 is 0 Å². The summed E-state index contributed by atoms with van der Waals surface area (Å²) in [6.45, 7) is -0.347. The Kier molecular flexibility index (Phi) is 2.65. The van der Waals surface area contributed by atoms with Crippen LogP contribution in [0.5, 0.6) is 0 Å². The zero-order chi connectivity index (χ0) is 12.8. The number of rotatable bonds is 2. The van der Waals surface area contributed by atoms with Crippen LogP contribution in [0, 0.1) is 17.5 Å². The first-order chi connectivity index (χ1) is 7.81. The number of alkyl halides is 2. The zero-order valence-corrected chi connectivity index (χ0v) is 8.74. The molecule has 0 radical (unpaired) electrons. The molecule has 0 spiro atoms. The third-order valence-corrected chi connectivity index (χ3v) is 3.16. The highest BCUT2D eigenvalue weighted by molar-refractivity contribution is 5.34. The summed E-state index contributed by atoms with van der Waals surface area (Å²) in [6, 6.07) is 1.34. The molecule has 0 unspecified atom stereocenters. The highest BCUT2D eigenvalue weighted by atomic mass is 19.3. The van der Waals surface area contributed by atoms with E-state index in [9.17, 15) is 22.0 Å². The molecule has 0 bridgehead atoms. The highest BCUT2D eigenvalue weighted by Crippen LogP contribution is 2.54. The Balaban J connectivity index is 2.50. The molecule has 6 heteroatoms. The van der Waals surface area contributed by atoms with Crippen molar-refractivity contribution in [3.63, 3.8) is 0 Å². The van der Waals surface area contributed by atoms with Gasteiger partial charge < -0.3 is 5.73 Å². The summed E-state index contributed by atoms with van der Waals surface area (Å²) in [6.07, 6.45) is -1.51. The molecule has 1 aromatic carbocycles. The van der Waals surface area contributed by atoms with Gasteiger partial charge in [-0.3, -0.25) is 0 Å². The predicted octanol–water partition coefficient (Wildman–Crippen LogP) is 2.73. The number of hydrogen-bond acceptors (Lipinski definition) is 1.